The van der Waals surface area contributed by atoms with Crippen LogP contribution in [-0.2, 0) is 19.3 Å². The van der Waals surface area contributed by atoms with E-state index in [0.717, 1.165) is 25.1 Å². The van der Waals surface area contributed by atoms with Crippen LogP contribution in [0.1, 0.15) is 33.4 Å². The maximum absolute atomic E-state index is 4.78. The molecule has 2 aromatic carbocycles. The molecule has 0 fully saturated rings. The van der Waals surface area contributed by atoms with E-state index in [1.54, 1.807) is 0 Å². The van der Waals surface area contributed by atoms with Gasteiger partial charge in [0.2, 0.25) is 0 Å². The number of hydrogen-bond donors (Lipinski definition) is 0. The van der Waals surface area contributed by atoms with Gasteiger partial charge in [-0.1, -0.05) is 36.4 Å². The number of aromatic nitrogens is 2. The van der Waals surface area contributed by atoms with Gasteiger partial charge in [0, 0.05) is 25.2 Å². The molecule has 3 nitrogen and oxygen atoms in total. The maximum atomic E-state index is 4.78. The van der Waals surface area contributed by atoms with Gasteiger partial charge in [-0.05, 0) is 63.1 Å². The molecule has 4 heterocycles. The normalized spacial score (nSPS) is 14.6. The Balaban J connectivity index is 1.60. The standard InChI is InChI=1S/C25H17N3/c1-2-6-20-15(4-1)10-18-12-19-11-17-5-3-8-27-25(17)28-22-14-26-9-7-16(22)13-21(23(18)20)24(19)28/h1-9,12,14H,10-11,13H2. The Hall–Kier alpha value is -3.46. The monoisotopic (exact) mass is 359 g/mol. The third-order valence-electron chi connectivity index (χ3n) is 6.41. The molecular formula is C25H17N3. The Morgan fingerprint density at radius 2 is 1.64 bits per heavy atom. The molecule has 0 atom stereocenters. The number of benzene rings is 2. The summed E-state index contributed by atoms with van der Waals surface area (Å²) in [6.45, 7) is 0. The van der Waals surface area contributed by atoms with Crippen molar-refractivity contribution >= 4 is 17.2 Å². The first kappa shape index (κ1) is 14.6. The molecule has 0 N–H and O–H groups in total. The molecule has 1 aliphatic carbocycles. The summed E-state index contributed by atoms with van der Waals surface area (Å²) < 4.78 is 0. The number of nitrogens with zero attached hydrogens (tertiary/aromatic N) is 3. The highest BCUT2D eigenvalue weighted by Gasteiger charge is 2.36. The van der Waals surface area contributed by atoms with Crippen molar-refractivity contribution in [2.24, 2.45) is 0 Å². The molecule has 0 saturated heterocycles. The molecule has 28 heavy (non-hydrogen) atoms. The van der Waals surface area contributed by atoms with Gasteiger partial charge in [-0.3, -0.25) is 9.88 Å². The number of fused-ring (bicyclic) bond motifs is 8. The van der Waals surface area contributed by atoms with Crippen molar-refractivity contribution in [2.45, 2.75) is 19.3 Å². The largest absolute Gasteiger partial charge is 0.292 e. The molecule has 0 unspecified atom stereocenters. The van der Waals surface area contributed by atoms with Crippen molar-refractivity contribution < 1.29 is 0 Å². The molecule has 7 rings (SSSR count). The number of hydrogen-bond acceptors (Lipinski definition) is 3. The number of anilines is 3. The summed E-state index contributed by atoms with van der Waals surface area (Å²) in [6.07, 6.45) is 8.74. The van der Waals surface area contributed by atoms with Crippen LogP contribution in [0.5, 0.6) is 0 Å². The molecule has 0 amide bonds. The molecule has 3 heteroatoms. The number of rotatable bonds is 0. The Morgan fingerprint density at radius 1 is 0.750 bits per heavy atom. The molecule has 4 aromatic rings. The lowest BCUT2D eigenvalue weighted by Gasteiger charge is -2.39. The fourth-order valence-corrected chi connectivity index (χ4v) is 5.31. The highest BCUT2D eigenvalue weighted by molar-refractivity contribution is 5.94. The van der Waals surface area contributed by atoms with Gasteiger partial charge < -0.3 is 0 Å². The van der Waals surface area contributed by atoms with Gasteiger partial charge in [-0.2, -0.15) is 0 Å². The minimum absolute atomic E-state index is 0.946. The highest BCUT2D eigenvalue weighted by Crippen LogP contribution is 2.54. The lowest BCUT2D eigenvalue weighted by molar-refractivity contribution is 0.971. The van der Waals surface area contributed by atoms with Crippen LogP contribution in [0.3, 0.4) is 0 Å². The second kappa shape index (κ2) is 5.08. The highest BCUT2D eigenvalue weighted by atomic mass is 15.2. The van der Waals surface area contributed by atoms with E-state index in [1.165, 1.54) is 55.9 Å². The van der Waals surface area contributed by atoms with Gasteiger partial charge >= 0.3 is 0 Å². The van der Waals surface area contributed by atoms with Crippen LogP contribution < -0.4 is 4.90 Å². The lowest BCUT2D eigenvalue weighted by Crippen LogP contribution is -2.26. The molecular weight excluding hydrogens is 342 g/mol. The van der Waals surface area contributed by atoms with Crippen molar-refractivity contribution in [1.82, 2.24) is 9.97 Å². The van der Waals surface area contributed by atoms with Crippen molar-refractivity contribution in [3.05, 3.63) is 101 Å². The van der Waals surface area contributed by atoms with E-state index in [1.807, 2.05) is 24.7 Å². The van der Waals surface area contributed by atoms with E-state index in [9.17, 15) is 0 Å². The second-order valence-corrected chi connectivity index (χ2v) is 7.91. The summed E-state index contributed by atoms with van der Waals surface area (Å²) in [5, 5.41) is 0. The Morgan fingerprint density at radius 3 is 2.64 bits per heavy atom. The van der Waals surface area contributed by atoms with Crippen LogP contribution in [-0.4, -0.2) is 9.97 Å². The maximum Gasteiger partial charge on any atom is 0.141 e. The topological polar surface area (TPSA) is 29.0 Å². The lowest BCUT2D eigenvalue weighted by atomic mass is 9.83. The van der Waals surface area contributed by atoms with Crippen LogP contribution in [0.2, 0.25) is 0 Å². The van der Waals surface area contributed by atoms with E-state index in [0.29, 0.717) is 0 Å². The summed E-state index contributed by atoms with van der Waals surface area (Å²) in [5.74, 6) is 1.05. The van der Waals surface area contributed by atoms with Crippen molar-refractivity contribution in [3.63, 3.8) is 0 Å². The predicted molar refractivity (Wildman–Crippen MR) is 111 cm³/mol. The quantitative estimate of drug-likeness (QED) is 0.367. The van der Waals surface area contributed by atoms with Gasteiger partial charge in [0.1, 0.15) is 5.82 Å². The molecule has 2 aliphatic heterocycles. The zero-order chi connectivity index (χ0) is 18.2. The average Bonchev–Trinajstić information content (AvgIpc) is 3.11. The number of pyridine rings is 2. The first-order valence-electron chi connectivity index (χ1n) is 9.81. The van der Waals surface area contributed by atoms with Gasteiger partial charge in [-0.15, -0.1) is 0 Å². The minimum Gasteiger partial charge on any atom is -0.292 e. The van der Waals surface area contributed by atoms with Crippen molar-refractivity contribution in [1.29, 1.82) is 0 Å². The summed E-state index contributed by atoms with van der Waals surface area (Å²) in [4.78, 5) is 11.6. The summed E-state index contributed by atoms with van der Waals surface area (Å²) >= 11 is 0. The zero-order valence-corrected chi connectivity index (χ0v) is 15.3. The molecule has 3 aliphatic rings. The first-order chi connectivity index (χ1) is 13.9. The van der Waals surface area contributed by atoms with Crippen molar-refractivity contribution in [3.8, 4) is 11.1 Å². The molecule has 0 saturated carbocycles. The molecule has 0 bridgehead atoms. The predicted octanol–water partition coefficient (Wildman–Crippen LogP) is 5.33. The third-order valence-corrected chi connectivity index (χ3v) is 6.41. The van der Waals surface area contributed by atoms with Crippen LogP contribution in [0.15, 0.2) is 67.1 Å². The van der Waals surface area contributed by atoms with Gasteiger partial charge in [0.15, 0.2) is 0 Å². The summed E-state index contributed by atoms with van der Waals surface area (Å²) in [6, 6.07) is 17.7. The van der Waals surface area contributed by atoms with E-state index in [4.69, 9.17) is 4.98 Å². The van der Waals surface area contributed by atoms with E-state index in [-0.39, 0.29) is 0 Å². The molecule has 0 spiro atoms. The van der Waals surface area contributed by atoms with Gasteiger partial charge in [0.05, 0.1) is 17.6 Å². The minimum atomic E-state index is 0.946. The molecule has 0 radical (unpaired) electrons. The summed E-state index contributed by atoms with van der Waals surface area (Å²) in [5.41, 5.74) is 13.7. The molecule has 132 valence electrons. The van der Waals surface area contributed by atoms with Crippen LogP contribution in [0, 0.1) is 0 Å². The Labute approximate surface area is 163 Å². The van der Waals surface area contributed by atoms with Crippen LogP contribution >= 0.6 is 0 Å². The van der Waals surface area contributed by atoms with Gasteiger partial charge in [-0.25, -0.2) is 4.98 Å². The van der Waals surface area contributed by atoms with E-state index in [2.05, 4.69) is 52.3 Å². The SMILES string of the molecule is c1ccc2c(c1)Cc1cc3c4c(c1-2)Cc1ccncc1N4c1ncccc1C3. The summed E-state index contributed by atoms with van der Waals surface area (Å²) in [7, 11) is 0. The van der Waals surface area contributed by atoms with E-state index < -0.39 is 0 Å². The Kier molecular flexibility index (Phi) is 2.64. The zero-order valence-electron chi connectivity index (χ0n) is 15.3. The Bertz CT molecular complexity index is 1290. The van der Waals surface area contributed by atoms with Crippen LogP contribution in [0.25, 0.3) is 11.1 Å². The fraction of sp³-hybridized carbons (Fsp3) is 0.120. The second-order valence-electron chi connectivity index (χ2n) is 7.91. The smallest absolute Gasteiger partial charge is 0.141 e. The van der Waals surface area contributed by atoms with Gasteiger partial charge in [0.25, 0.3) is 0 Å². The van der Waals surface area contributed by atoms with Crippen molar-refractivity contribution in [2.75, 3.05) is 4.90 Å². The average molecular weight is 359 g/mol. The van der Waals surface area contributed by atoms with Crippen LogP contribution in [0.4, 0.5) is 17.2 Å². The molecule has 2 aromatic heterocycles. The van der Waals surface area contributed by atoms with E-state index >= 15 is 0 Å². The third kappa shape index (κ3) is 1.74. The fourth-order valence-electron chi connectivity index (χ4n) is 5.31. The first-order valence-corrected chi connectivity index (χ1v) is 9.81.